The Morgan fingerprint density at radius 3 is 2.30 bits per heavy atom. The summed E-state index contributed by atoms with van der Waals surface area (Å²) in [7, 11) is 0. The highest BCUT2D eigenvalue weighted by molar-refractivity contribution is 9.10. The second kappa shape index (κ2) is 6.51. The normalized spacial score (nSPS) is 14.1. The van der Waals surface area contributed by atoms with E-state index in [0.29, 0.717) is 16.0 Å². The molecule has 20 heavy (non-hydrogen) atoms. The van der Waals surface area contributed by atoms with Gasteiger partial charge in [0.1, 0.15) is 11.9 Å². The highest BCUT2D eigenvalue weighted by atomic mass is 79.9. The number of benzene rings is 2. The van der Waals surface area contributed by atoms with Crippen molar-refractivity contribution in [3.05, 3.63) is 69.4 Å². The Kier molecular flexibility index (Phi) is 4.95. The number of aliphatic hydroxyl groups is 1. The smallest absolute Gasteiger partial charge is 0.137 e. The molecule has 0 bridgehead atoms. The average Bonchev–Trinajstić information content (AvgIpc) is 2.48. The lowest BCUT2D eigenvalue weighted by atomic mass is 9.95. The second-order valence-corrected chi connectivity index (χ2v) is 5.81. The molecule has 0 heterocycles. The summed E-state index contributed by atoms with van der Waals surface area (Å²) in [4.78, 5) is 0. The SMILES string of the molecule is CCC(C)c1ccc(C(O)c2cccc(F)c2Br)cc1. The molecule has 2 unspecified atom stereocenters. The van der Waals surface area contributed by atoms with Crippen LogP contribution in [0.2, 0.25) is 0 Å². The van der Waals surface area contributed by atoms with Crippen LogP contribution in [-0.2, 0) is 0 Å². The molecule has 0 aliphatic heterocycles. The van der Waals surface area contributed by atoms with Crippen LogP contribution in [0.5, 0.6) is 0 Å². The van der Waals surface area contributed by atoms with Gasteiger partial charge in [-0.25, -0.2) is 4.39 Å². The van der Waals surface area contributed by atoms with Gasteiger partial charge in [0.25, 0.3) is 0 Å². The van der Waals surface area contributed by atoms with E-state index in [0.717, 1.165) is 12.0 Å². The molecule has 1 nitrogen and oxygen atoms in total. The van der Waals surface area contributed by atoms with E-state index in [1.54, 1.807) is 12.1 Å². The van der Waals surface area contributed by atoms with Crippen LogP contribution in [0.15, 0.2) is 46.9 Å². The highest BCUT2D eigenvalue weighted by Gasteiger charge is 2.16. The maximum absolute atomic E-state index is 13.5. The van der Waals surface area contributed by atoms with E-state index in [-0.39, 0.29) is 5.82 Å². The van der Waals surface area contributed by atoms with Crippen molar-refractivity contribution in [3.8, 4) is 0 Å². The number of aliphatic hydroxyl groups excluding tert-OH is 1. The van der Waals surface area contributed by atoms with Gasteiger partial charge in [0.15, 0.2) is 0 Å². The molecule has 0 aliphatic rings. The lowest BCUT2D eigenvalue weighted by Crippen LogP contribution is -2.02. The van der Waals surface area contributed by atoms with Gasteiger partial charge in [-0.05, 0) is 45.5 Å². The zero-order chi connectivity index (χ0) is 14.7. The van der Waals surface area contributed by atoms with Crippen LogP contribution in [0, 0.1) is 5.82 Å². The predicted molar refractivity (Wildman–Crippen MR) is 83.3 cm³/mol. The van der Waals surface area contributed by atoms with E-state index in [1.807, 2.05) is 24.3 Å². The fourth-order valence-electron chi connectivity index (χ4n) is 2.15. The molecule has 0 radical (unpaired) electrons. The molecule has 2 rings (SSSR count). The van der Waals surface area contributed by atoms with Crippen LogP contribution in [0.3, 0.4) is 0 Å². The molecule has 0 saturated carbocycles. The van der Waals surface area contributed by atoms with E-state index in [4.69, 9.17) is 0 Å². The standard InChI is InChI=1S/C17H18BrFO/c1-3-11(2)12-7-9-13(10-8-12)17(20)14-5-4-6-15(19)16(14)18/h4-11,17,20H,3H2,1-2H3. The lowest BCUT2D eigenvalue weighted by molar-refractivity contribution is 0.219. The average molecular weight is 337 g/mol. The summed E-state index contributed by atoms with van der Waals surface area (Å²) in [6, 6.07) is 12.6. The van der Waals surface area contributed by atoms with Gasteiger partial charge in [0.05, 0.1) is 4.47 Å². The van der Waals surface area contributed by atoms with Crippen LogP contribution >= 0.6 is 15.9 Å². The molecule has 0 saturated heterocycles. The van der Waals surface area contributed by atoms with Gasteiger partial charge in [0.2, 0.25) is 0 Å². The number of rotatable bonds is 4. The molecule has 0 aromatic heterocycles. The van der Waals surface area contributed by atoms with Crippen molar-refractivity contribution in [1.29, 1.82) is 0 Å². The molecule has 2 aromatic rings. The summed E-state index contributed by atoms with van der Waals surface area (Å²) in [5.41, 5.74) is 2.56. The van der Waals surface area contributed by atoms with Gasteiger partial charge < -0.3 is 5.11 Å². The molecule has 2 aromatic carbocycles. The quantitative estimate of drug-likeness (QED) is 0.815. The molecular formula is C17H18BrFO. The minimum absolute atomic E-state index is 0.318. The highest BCUT2D eigenvalue weighted by Crippen LogP contribution is 2.31. The third-order valence-corrected chi connectivity index (χ3v) is 4.55. The summed E-state index contributed by atoms with van der Waals surface area (Å²) >= 11 is 3.19. The Morgan fingerprint density at radius 2 is 1.70 bits per heavy atom. The maximum atomic E-state index is 13.5. The zero-order valence-electron chi connectivity index (χ0n) is 11.6. The molecule has 0 fully saturated rings. The third-order valence-electron chi connectivity index (χ3n) is 3.71. The monoisotopic (exact) mass is 336 g/mol. The van der Waals surface area contributed by atoms with Gasteiger partial charge in [-0.2, -0.15) is 0 Å². The second-order valence-electron chi connectivity index (χ2n) is 5.02. The minimum atomic E-state index is -0.828. The Labute approximate surface area is 127 Å². The van der Waals surface area contributed by atoms with E-state index < -0.39 is 6.10 Å². The van der Waals surface area contributed by atoms with E-state index in [2.05, 4.69) is 29.8 Å². The summed E-state index contributed by atoms with van der Waals surface area (Å²) < 4.78 is 13.8. The lowest BCUT2D eigenvalue weighted by Gasteiger charge is -2.15. The molecule has 2 atom stereocenters. The first-order chi connectivity index (χ1) is 9.54. The van der Waals surface area contributed by atoms with Crippen molar-refractivity contribution < 1.29 is 9.50 Å². The number of hydrogen-bond acceptors (Lipinski definition) is 1. The summed E-state index contributed by atoms with van der Waals surface area (Å²) in [6.07, 6.45) is 0.253. The van der Waals surface area contributed by atoms with Crippen LogP contribution < -0.4 is 0 Å². The van der Waals surface area contributed by atoms with E-state index >= 15 is 0 Å². The van der Waals surface area contributed by atoms with Crippen molar-refractivity contribution in [2.45, 2.75) is 32.3 Å². The summed E-state index contributed by atoms with van der Waals surface area (Å²) in [5, 5.41) is 10.4. The van der Waals surface area contributed by atoms with Crippen LogP contribution in [-0.4, -0.2) is 5.11 Å². The van der Waals surface area contributed by atoms with Gasteiger partial charge >= 0.3 is 0 Å². The molecule has 106 valence electrons. The van der Waals surface area contributed by atoms with Crippen LogP contribution in [0.25, 0.3) is 0 Å². The molecule has 1 N–H and O–H groups in total. The van der Waals surface area contributed by atoms with Crippen molar-refractivity contribution >= 4 is 15.9 Å². The van der Waals surface area contributed by atoms with Gasteiger partial charge in [-0.15, -0.1) is 0 Å². The van der Waals surface area contributed by atoms with Crippen molar-refractivity contribution in [2.24, 2.45) is 0 Å². The Balaban J connectivity index is 2.29. The fraction of sp³-hybridized carbons (Fsp3) is 0.294. The zero-order valence-corrected chi connectivity index (χ0v) is 13.2. The topological polar surface area (TPSA) is 20.2 Å². The minimum Gasteiger partial charge on any atom is -0.384 e. The number of halogens is 2. The molecule has 0 spiro atoms. The third kappa shape index (κ3) is 3.10. The Bertz CT molecular complexity index is 580. The van der Waals surface area contributed by atoms with E-state index in [1.165, 1.54) is 11.6 Å². The first-order valence-corrected chi connectivity index (χ1v) is 7.55. The van der Waals surface area contributed by atoms with Gasteiger partial charge in [0, 0.05) is 5.56 Å². The van der Waals surface area contributed by atoms with Gasteiger partial charge in [-0.1, -0.05) is 50.2 Å². The summed E-state index contributed by atoms with van der Waals surface area (Å²) in [5.74, 6) is 0.139. The molecule has 3 heteroatoms. The van der Waals surface area contributed by atoms with Crippen molar-refractivity contribution in [2.75, 3.05) is 0 Å². The predicted octanol–water partition coefficient (Wildman–Crippen LogP) is 5.18. The van der Waals surface area contributed by atoms with Gasteiger partial charge in [-0.3, -0.25) is 0 Å². The first kappa shape index (κ1) is 15.2. The Morgan fingerprint density at radius 1 is 1.10 bits per heavy atom. The number of hydrogen-bond donors (Lipinski definition) is 1. The first-order valence-electron chi connectivity index (χ1n) is 6.76. The van der Waals surface area contributed by atoms with Crippen LogP contribution in [0.1, 0.15) is 49.0 Å². The molecule has 0 amide bonds. The summed E-state index contributed by atoms with van der Waals surface area (Å²) in [6.45, 7) is 4.33. The van der Waals surface area contributed by atoms with Crippen molar-refractivity contribution in [1.82, 2.24) is 0 Å². The fourth-order valence-corrected chi connectivity index (χ4v) is 2.63. The molecular weight excluding hydrogens is 319 g/mol. The Hall–Kier alpha value is -1.19. The van der Waals surface area contributed by atoms with E-state index in [9.17, 15) is 9.50 Å². The largest absolute Gasteiger partial charge is 0.384 e. The maximum Gasteiger partial charge on any atom is 0.137 e. The molecule has 0 aliphatic carbocycles. The van der Waals surface area contributed by atoms with Crippen molar-refractivity contribution in [3.63, 3.8) is 0 Å². The van der Waals surface area contributed by atoms with Crippen LogP contribution in [0.4, 0.5) is 4.39 Å².